The molecule has 0 aliphatic rings. The average molecular weight is 497 g/mol. The highest BCUT2D eigenvalue weighted by molar-refractivity contribution is 5.72. The van der Waals surface area contributed by atoms with Gasteiger partial charge in [0.2, 0.25) is 0 Å². The first-order valence-electron chi connectivity index (χ1n) is 15.3. The molecule has 4 nitrogen and oxygen atoms in total. The van der Waals surface area contributed by atoms with E-state index < -0.39 is 0 Å². The zero-order valence-electron chi connectivity index (χ0n) is 24.1. The maximum atomic E-state index is 12.3. The molecule has 0 radical (unpaired) electrons. The summed E-state index contributed by atoms with van der Waals surface area (Å²) in [6.07, 6.45) is 24.4. The van der Waals surface area contributed by atoms with Gasteiger partial charge in [0.1, 0.15) is 0 Å². The number of carbonyl (C=O) groups excluding carboxylic acids is 2. The molecule has 208 valence electrons. The van der Waals surface area contributed by atoms with E-state index in [9.17, 15) is 9.59 Å². The van der Waals surface area contributed by atoms with E-state index in [-0.39, 0.29) is 17.9 Å². The average Bonchev–Trinajstić information content (AvgIpc) is 2.85. The first kappa shape index (κ1) is 33.9. The van der Waals surface area contributed by atoms with Crippen LogP contribution in [0, 0.1) is 11.8 Å². The van der Waals surface area contributed by atoms with Crippen LogP contribution in [-0.4, -0.2) is 25.2 Å². The number of carbonyl (C=O) groups is 2. The van der Waals surface area contributed by atoms with Gasteiger partial charge >= 0.3 is 11.9 Å². The third-order valence-corrected chi connectivity index (χ3v) is 7.27. The zero-order chi connectivity index (χ0) is 26.0. The molecule has 0 rings (SSSR count). The number of hydrogen-bond acceptors (Lipinski definition) is 4. The van der Waals surface area contributed by atoms with Crippen LogP contribution in [0.4, 0.5) is 0 Å². The van der Waals surface area contributed by atoms with Gasteiger partial charge in [-0.1, -0.05) is 130 Å². The van der Waals surface area contributed by atoms with Crippen molar-refractivity contribution in [2.24, 2.45) is 11.8 Å². The minimum absolute atomic E-state index is 0.00379. The highest BCUT2D eigenvalue weighted by atomic mass is 16.5. The smallest absolute Gasteiger partial charge is 0.308 e. The fourth-order valence-electron chi connectivity index (χ4n) is 4.43. The molecule has 0 aromatic rings. The highest BCUT2D eigenvalue weighted by Crippen LogP contribution is 2.21. The van der Waals surface area contributed by atoms with E-state index in [1.165, 1.54) is 96.3 Å². The Morgan fingerprint density at radius 3 is 1.51 bits per heavy atom. The molecule has 0 fully saturated rings. The lowest BCUT2D eigenvalue weighted by Crippen LogP contribution is -2.22. The van der Waals surface area contributed by atoms with Crippen LogP contribution in [0.1, 0.15) is 163 Å². The maximum absolute atomic E-state index is 12.3. The summed E-state index contributed by atoms with van der Waals surface area (Å²) in [6, 6.07) is 0. The molecule has 0 N–H and O–H groups in total. The van der Waals surface area contributed by atoms with Gasteiger partial charge in [-0.15, -0.1) is 0 Å². The van der Waals surface area contributed by atoms with Gasteiger partial charge in [-0.25, -0.2) is 0 Å². The van der Waals surface area contributed by atoms with Crippen LogP contribution in [0.25, 0.3) is 0 Å². The molecule has 0 aliphatic heterocycles. The molecule has 0 heterocycles. The first-order valence-corrected chi connectivity index (χ1v) is 15.3. The van der Waals surface area contributed by atoms with Gasteiger partial charge in [0, 0.05) is 6.42 Å². The van der Waals surface area contributed by atoms with Crippen molar-refractivity contribution in [3.63, 3.8) is 0 Å². The fourth-order valence-corrected chi connectivity index (χ4v) is 4.43. The summed E-state index contributed by atoms with van der Waals surface area (Å²) in [4.78, 5) is 24.1. The molecule has 0 aromatic carbocycles. The van der Waals surface area contributed by atoms with Crippen molar-refractivity contribution < 1.29 is 19.1 Å². The van der Waals surface area contributed by atoms with Gasteiger partial charge < -0.3 is 9.47 Å². The van der Waals surface area contributed by atoms with Gasteiger partial charge in [-0.2, -0.15) is 0 Å². The third-order valence-electron chi connectivity index (χ3n) is 7.27. The lowest BCUT2D eigenvalue weighted by molar-refractivity contribution is -0.150. The van der Waals surface area contributed by atoms with E-state index in [2.05, 4.69) is 20.8 Å². The van der Waals surface area contributed by atoms with Crippen molar-refractivity contribution in [2.75, 3.05) is 13.2 Å². The Morgan fingerprint density at radius 2 is 0.971 bits per heavy atom. The van der Waals surface area contributed by atoms with Crippen LogP contribution in [0.15, 0.2) is 0 Å². The van der Waals surface area contributed by atoms with Gasteiger partial charge in [0.25, 0.3) is 0 Å². The van der Waals surface area contributed by atoms with Gasteiger partial charge in [-0.05, 0) is 31.6 Å². The number of esters is 2. The number of rotatable bonds is 26. The molecule has 0 aliphatic carbocycles. The van der Waals surface area contributed by atoms with Crippen molar-refractivity contribution >= 4 is 11.9 Å². The number of ether oxygens (including phenoxy) is 2. The quantitative estimate of drug-likeness (QED) is 0.0883. The molecule has 0 aromatic heterocycles. The van der Waals surface area contributed by atoms with Crippen molar-refractivity contribution in [3.8, 4) is 0 Å². The molecule has 0 saturated heterocycles. The minimum atomic E-state index is -0.0211. The maximum Gasteiger partial charge on any atom is 0.308 e. The van der Waals surface area contributed by atoms with Crippen LogP contribution in [-0.2, 0) is 19.1 Å². The molecule has 0 bridgehead atoms. The molecule has 0 amide bonds. The van der Waals surface area contributed by atoms with Crippen LogP contribution in [0.2, 0.25) is 0 Å². The fraction of sp³-hybridized carbons (Fsp3) is 0.935. The normalized spacial score (nSPS) is 12.9. The standard InChI is InChI=1S/C31H60O4/c1-5-7-9-11-18-22-26-34-30(32)25-21-17-15-13-14-16-20-24-28(3)29(4)31(33)35-27-23-19-12-10-8-6-2/h28-29H,5-27H2,1-4H3. The largest absolute Gasteiger partial charge is 0.466 e. The number of hydrogen-bond donors (Lipinski definition) is 0. The summed E-state index contributed by atoms with van der Waals surface area (Å²) in [5, 5.41) is 0. The van der Waals surface area contributed by atoms with Gasteiger partial charge in [0.15, 0.2) is 0 Å². The first-order chi connectivity index (χ1) is 17.0. The Hall–Kier alpha value is -1.06. The lowest BCUT2D eigenvalue weighted by atomic mass is 9.90. The highest BCUT2D eigenvalue weighted by Gasteiger charge is 2.21. The van der Waals surface area contributed by atoms with Gasteiger partial charge in [0.05, 0.1) is 19.1 Å². The summed E-state index contributed by atoms with van der Waals surface area (Å²) in [6.45, 7) is 9.83. The van der Waals surface area contributed by atoms with E-state index in [0.29, 0.717) is 25.6 Å². The molecule has 2 unspecified atom stereocenters. The van der Waals surface area contributed by atoms with E-state index in [4.69, 9.17) is 9.47 Å². The Balaban J connectivity index is 3.49. The van der Waals surface area contributed by atoms with E-state index in [1.807, 2.05) is 6.92 Å². The summed E-state index contributed by atoms with van der Waals surface area (Å²) in [5.74, 6) is 0.342. The van der Waals surface area contributed by atoms with Crippen molar-refractivity contribution in [1.82, 2.24) is 0 Å². The molecular weight excluding hydrogens is 436 g/mol. The topological polar surface area (TPSA) is 52.6 Å². The summed E-state index contributed by atoms with van der Waals surface area (Å²) in [7, 11) is 0. The zero-order valence-corrected chi connectivity index (χ0v) is 24.1. The molecule has 0 saturated carbocycles. The molecule has 35 heavy (non-hydrogen) atoms. The lowest BCUT2D eigenvalue weighted by Gasteiger charge is -2.18. The summed E-state index contributed by atoms with van der Waals surface area (Å²) in [5.41, 5.74) is 0. The Bertz CT molecular complexity index is 477. The predicted octanol–water partition coefficient (Wildman–Crippen LogP) is 9.58. The van der Waals surface area contributed by atoms with E-state index in [1.54, 1.807) is 0 Å². The van der Waals surface area contributed by atoms with Crippen LogP contribution < -0.4 is 0 Å². The molecule has 4 heteroatoms. The number of unbranched alkanes of at least 4 members (excludes halogenated alkanes) is 16. The molecular formula is C31H60O4. The molecule has 2 atom stereocenters. The van der Waals surface area contributed by atoms with E-state index >= 15 is 0 Å². The van der Waals surface area contributed by atoms with Crippen molar-refractivity contribution in [1.29, 1.82) is 0 Å². The second-order valence-corrected chi connectivity index (χ2v) is 10.7. The van der Waals surface area contributed by atoms with Crippen molar-refractivity contribution in [3.05, 3.63) is 0 Å². The Kier molecular flexibility index (Phi) is 25.2. The van der Waals surface area contributed by atoms with Crippen LogP contribution in [0.3, 0.4) is 0 Å². The third kappa shape index (κ3) is 23.1. The monoisotopic (exact) mass is 496 g/mol. The molecule has 0 spiro atoms. The SMILES string of the molecule is CCCCCCCCOC(=O)CCCCCCCCCC(C)C(C)C(=O)OCCCCCCCC. The minimum Gasteiger partial charge on any atom is -0.466 e. The van der Waals surface area contributed by atoms with E-state index in [0.717, 1.165) is 32.1 Å². The predicted molar refractivity (Wildman–Crippen MR) is 149 cm³/mol. The van der Waals surface area contributed by atoms with Crippen LogP contribution >= 0.6 is 0 Å². The van der Waals surface area contributed by atoms with Crippen molar-refractivity contribution in [2.45, 2.75) is 163 Å². The Labute approximate surface area is 218 Å². The summed E-state index contributed by atoms with van der Waals surface area (Å²) >= 11 is 0. The van der Waals surface area contributed by atoms with Crippen LogP contribution in [0.5, 0.6) is 0 Å². The van der Waals surface area contributed by atoms with Gasteiger partial charge in [-0.3, -0.25) is 9.59 Å². The Morgan fingerprint density at radius 1 is 0.543 bits per heavy atom. The summed E-state index contributed by atoms with van der Waals surface area (Å²) < 4.78 is 10.8. The second-order valence-electron chi connectivity index (χ2n) is 10.7. The second kappa shape index (κ2) is 26.0.